The number of H-pyrrole nitrogens is 2. The highest BCUT2D eigenvalue weighted by Crippen LogP contribution is 2.41. The molecule has 8 N–H and O–H groups in total. The highest BCUT2D eigenvalue weighted by atomic mass is 16.3. The van der Waals surface area contributed by atoms with Gasteiger partial charge in [-0.05, 0) is 101 Å². The van der Waals surface area contributed by atoms with Gasteiger partial charge in [0.05, 0.1) is 11.1 Å². The van der Waals surface area contributed by atoms with E-state index in [4.69, 9.17) is 0 Å². The normalized spacial score (nSPS) is 21.5. The number of hydrogen-bond acceptors (Lipinski definition) is 8. The second-order valence-corrected chi connectivity index (χ2v) is 13.3. The second kappa shape index (κ2) is 13.3. The average molecular weight is 629 g/mol. The number of imidazole rings is 2. The van der Waals surface area contributed by atoms with Crippen LogP contribution in [0.15, 0.2) is 24.3 Å². The minimum absolute atomic E-state index is 0.116. The van der Waals surface area contributed by atoms with Crippen LogP contribution in [0, 0.1) is 5.92 Å². The summed E-state index contributed by atoms with van der Waals surface area (Å²) in [6, 6.07) is 6.78. The van der Waals surface area contributed by atoms with Gasteiger partial charge < -0.3 is 41.4 Å². The van der Waals surface area contributed by atoms with Crippen LogP contribution in [0.25, 0.3) is 22.1 Å². The molecule has 8 rings (SSSR count). The van der Waals surface area contributed by atoms with Crippen molar-refractivity contribution in [1.82, 2.24) is 41.2 Å². The average Bonchev–Trinajstić information content (AvgIpc) is 4.03. The van der Waals surface area contributed by atoms with E-state index in [2.05, 4.69) is 41.2 Å². The van der Waals surface area contributed by atoms with Gasteiger partial charge in [0, 0.05) is 31.0 Å². The number of phenols is 2. The summed E-state index contributed by atoms with van der Waals surface area (Å²) < 4.78 is 0. The van der Waals surface area contributed by atoms with Crippen LogP contribution in [0.3, 0.4) is 0 Å². The van der Waals surface area contributed by atoms with E-state index in [9.17, 15) is 19.8 Å². The van der Waals surface area contributed by atoms with Crippen molar-refractivity contribution in [1.29, 1.82) is 0 Å². The van der Waals surface area contributed by atoms with E-state index in [1.165, 1.54) is 12.8 Å². The van der Waals surface area contributed by atoms with Gasteiger partial charge in [0.15, 0.2) is 0 Å². The number of aromatic nitrogens is 4. The Hall–Kier alpha value is -4.16. The molecule has 2 amide bonds. The number of hydrogen-bond donors (Lipinski definition) is 8. The molecule has 2 saturated carbocycles. The zero-order valence-corrected chi connectivity index (χ0v) is 26.1. The minimum atomic E-state index is -0.128. The lowest BCUT2D eigenvalue weighted by atomic mass is 9.99. The van der Waals surface area contributed by atoms with E-state index in [0.29, 0.717) is 70.1 Å². The van der Waals surface area contributed by atoms with Gasteiger partial charge in [-0.25, -0.2) is 9.97 Å². The van der Waals surface area contributed by atoms with Crippen molar-refractivity contribution in [2.45, 2.75) is 75.7 Å². The van der Waals surface area contributed by atoms with Gasteiger partial charge in [-0.3, -0.25) is 9.59 Å². The molecule has 12 heteroatoms. The molecular weight excluding hydrogens is 584 g/mol. The van der Waals surface area contributed by atoms with Crippen LogP contribution in [0.1, 0.15) is 102 Å². The molecule has 2 aliphatic carbocycles. The van der Waals surface area contributed by atoms with Gasteiger partial charge in [-0.1, -0.05) is 6.42 Å². The Labute approximate surface area is 267 Å². The molecule has 0 bridgehead atoms. The van der Waals surface area contributed by atoms with Gasteiger partial charge in [-0.2, -0.15) is 0 Å². The number of nitrogens with zero attached hydrogens (tertiary/aromatic N) is 2. The Kier molecular flexibility index (Phi) is 8.81. The SMILES string of the molecule is O=C(NCC1CCCCN1)c1ccc(O)c2[nH]c(C3CC3)nc12.O=C(NCC1CCCNC1)c1ccc(O)c2[nH]c(C3CC3)nc12. The first-order valence-electron chi connectivity index (χ1n) is 16.9. The number of carbonyl (C=O) groups excluding carboxylic acids is 2. The Bertz CT molecular complexity index is 1590. The predicted octanol–water partition coefficient (Wildman–Crippen LogP) is 3.89. The number of rotatable bonds is 8. The van der Waals surface area contributed by atoms with E-state index >= 15 is 0 Å². The number of aromatic amines is 2. The fourth-order valence-electron chi connectivity index (χ4n) is 6.50. The lowest BCUT2D eigenvalue weighted by molar-refractivity contribution is 0.0939. The van der Waals surface area contributed by atoms with Crippen molar-refractivity contribution < 1.29 is 19.8 Å². The first-order chi connectivity index (χ1) is 22.4. The van der Waals surface area contributed by atoms with Crippen LogP contribution < -0.4 is 21.3 Å². The van der Waals surface area contributed by atoms with Gasteiger partial charge in [0.25, 0.3) is 11.8 Å². The molecule has 0 radical (unpaired) electrons. The topological polar surface area (TPSA) is 180 Å². The molecule has 2 aromatic carbocycles. The number of nitrogens with one attached hydrogen (secondary N) is 6. The van der Waals surface area contributed by atoms with Crippen LogP contribution in [0.4, 0.5) is 0 Å². The van der Waals surface area contributed by atoms with E-state index in [1.54, 1.807) is 24.3 Å². The zero-order chi connectivity index (χ0) is 31.6. The summed E-state index contributed by atoms with van der Waals surface area (Å²) in [6.45, 7) is 4.35. The molecular formula is C34H44N8O4. The highest BCUT2D eigenvalue weighted by molar-refractivity contribution is 6.07. The highest BCUT2D eigenvalue weighted by Gasteiger charge is 2.30. The van der Waals surface area contributed by atoms with Crippen LogP contribution >= 0.6 is 0 Å². The van der Waals surface area contributed by atoms with E-state index in [1.807, 2.05) is 0 Å². The summed E-state index contributed by atoms with van der Waals surface area (Å²) in [4.78, 5) is 40.5. The second-order valence-electron chi connectivity index (χ2n) is 13.3. The van der Waals surface area contributed by atoms with E-state index in [0.717, 1.165) is 76.2 Å². The lowest BCUT2D eigenvalue weighted by Crippen LogP contribution is -2.43. The molecule has 4 aliphatic rings. The monoisotopic (exact) mass is 628 g/mol. The first kappa shape index (κ1) is 30.5. The molecule has 2 saturated heterocycles. The summed E-state index contributed by atoms with van der Waals surface area (Å²) in [5, 5.41) is 32.8. The fourth-order valence-corrected chi connectivity index (χ4v) is 6.50. The number of benzene rings is 2. The first-order valence-corrected chi connectivity index (χ1v) is 16.9. The summed E-state index contributed by atoms with van der Waals surface area (Å²) in [6.07, 6.45) is 10.3. The van der Waals surface area contributed by atoms with Crippen molar-refractivity contribution >= 4 is 33.9 Å². The minimum Gasteiger partial charge on any atom is -0.506 e. The van der Waals surface area contributed by atoms with Crippen molar-refractivity contribution in [3.63, 3.8) is 0 Å². The molecule has 2 aromatic heterocycles. The molecule has 2 atom stereocenters. The van der Waals surface area contributed by atoms with Gasteiger partial charge >= 0.3 is 0 Å². The van der Waals surface area contributed by atoms with Crippen LogP contribution in [-0.2, 0) is 0 Å². The largest absolute Gasteiger partial charge is 0.506 e. The molecule has 2 unspecified atom stereocenters. The van der Waals surface area contributed by atoms with E-state index in [-0.39, 0.29) is 23.3 Å². The smallest absolute Gasteiger partial charge is 0.253 e. The maximum Gasteiger partial charge on any atom is 0.253 e. The van der Waals surface area contributed by atoms with Crippen LogP contribution in [-0.4, -0.2) is 80.7 Å². The molecule has 0 spiro atoms. The molecule has 46 heavy (non-hydrogen) atoms. The lowest BCUT2D eigenvalue weighted by Gasteiger charge is -2.23. The Morgan fingerprint density at radius 3 is 1.80 bits per heavy atom. The summed E-state index contributed by atoms with van der Waals surface area (Å²) in [7, 11) is 0. The predicted molar refractivity (Wildman–Crippen MR) is 175 cm³/mol. The molecule has 244 valence electrons. The third-order valence-corrected chi connectivity index (χ3v) is 9.57. The van der Waals surface area contributed by atoms with Gasteiger partial charge in [0.2, 0.25) is 0 Å². The number of piperidine rings is 2. The molecule has 4 aromatic rings. The number of phenolic OH excluding ortho intramolecular Hbond substituents is 2. The van der Waals surface area contributed by atoms with Gasteiger partial charge in [0.1, 0.15) is 45.2 Å². The Balaban J connectivity index is 0.000000147. The third kappa shape index (κ3) is 6.82. The molecule has 2 aliphatic heterocycles. The van der Waals surface area contributed by atoms with Crippen LogP contribution in [0.5, 0.6) is 11.5 Å². The number of aromatic hydroxyl groups is 2. The third-order valence-electron chi connectivity index (χ3n) is 9.57. The quantitative estimate of drug-likeness (QED) is 0.145. The molecule has 4 heterocycles. The number of amides is 2. The molecule has 12 nitrogen and oxygen atoms in total. The van der Waals surface area contributed by atoms with Crippen molar-refractivity contribution in [2.75, 3.05) is 32.7 Å². The fraction of sp³-hybridized carbons (Fsp3) is 0.529. The standard InChI is InChI=1S/2C17H22N4O2/c22-13-6-5-12(14-15(13)21-16(20-14)11-3-4-11)17(23)19-9-10-2-1-7-18-8-10;22-13-7-6-12(14-15(13)21-16(20-14)10-4-5-10)17(23)19-9-11-3-1-2-8-18-11/h5-6,10-11,18,22H,1-4,7-9H2,(H,19,23)(H,20,21);6-7,10-11,18,22H,1-5,8-9H2,(H,19,23)(H,20,21). The van der Waals surface area contributed by atoms with E-state index < -0.39 is 0 Å². The number of carbonyl (C=O) groups is 2. The molecule has 4 fully saturated rings. The van der Waals surface area contributed by atoms with Crippen LogP contribution in [0.2, 0.25) is 0 Å². The van der Waals surface area contributed by atoms with Gasteiger partial charge in [-0.15, -0.1) is 0 Å². The summed E-state index contributed by atoms with van der Waals surface area (Å²) >= 11 is 0. The number of fused-ring (bicyclic) bond motifs is 2. The zero-order valence-electron chi connectivity index (χ0n) is 26.1. The maximum absolute atomic E-state index is 12.5. The Morgan fingerprint density at radius 2 is 1.30 bits per heavy atom. The van der Waals surface area contributed by atoms with Crippen molar-refractivity contribution in [2.24, 2.45) is 5.92 Å². The summed E-state index contributed by atoms with van der Waals surface area (Å²) in [5.74, 6) is 3.19. The van der Waals surface area contributed by atoms with Crippen molar-refractivity contribution in [3.8, 4) is 11.5 Å². The van der Waals surface area contributed by atoms with Crippen molar-refractivity contribution in [3.05, 3.63) is 47.0 Å². The summed E-state index contributed by atoms with van der Waals surface area (Å²) in [5.41, 5.74) is 3.34. The maximum atomic E-state index is 12.5. The Morgan fingerprint density at radius 1 is 0.717 bits per heavy atom.